The maximum Gasteiger partial charge on any atom is 0.337 e. The number of carbonyl (C=O) groups is 2. The summed E-state index contributed by atoms with van der Waals surface area (Å²) in [6.07, 6.45) is 1.33. The molecule has 10 heteroatoms. The number of aromatic carboxylic acids is 1. The molecule has 0 atom stereocenters. The van der Waals surface area contributed by atoms with E-state index in [2.05, 4.69) is 46.7 Å². The van der Waals surface area contributed by atoms with Crippen LogP contribution in [0.4, 0.5) is 11.5 Å². The number of amides is 1. The second kappa shape index (κ2) is 8.91. The Kier molecular flexibility index (Phi) is 5.64. The van der Waals surface area contributed by atoms with Crippen LogP contribution in [0.25, 0.3) is 21.8 Å². The number of fused-ring (bicyclic) bond motifs is 2. The fourth-order valence-corrected chi connectivity index (χ4v) is 4.06. The number of nitrogens with one attached hydrogen (secondary N) is 3. The average Bonchev–Trinajstić information content (AvgIpc) is 3.25. The number of anilines is 2. The number of carbonyl (C=O) groups excluding carboxylic acids is 1. The fraction of sp³-hybridized carbons (Fsp3) is 0.0417. The molecule has 0 aliphatic heterocycles. The molecule has 2 aromatic heterocycles. The van der Waals surface area contributed by atoms with Gasteiger partial charge in [-0.1, -0.05) is 34.1 Å². The first kappa shape index (κ1) is 21.5. The lowest BCUT2D eigenvalue weighted by atomic mass is 10.1. The number of aromatic amines is 1. The lowest BCUT2D eigenvalue weighted by molar-refractivity contribution is 0.0698. The van der Waals surface area contributed by atoms with Crippen LogP contribution in [0.2, 0.25) is 0 Å². The molecule has 0 radical (unpaired) electrons. The van der Waals surface area contributed by atoms with Crippen molar-refractivity contribution in [3.8, 4) is 0 Å². The van der Waals surface area contributed by atoms with Gasteiger partial charge in [0.25, 0.3) is 5.91 Å². The quantitative estimate of drug-likeness (QED) is 0.254. The first-order chi connectivity index (χ1) is 16.5. The molecule has 1 amide bonds. The molecule has 3 aromatic carbocycles. The second-order valence-electron chi connectivity index (χ2n) is 7.50. The third-order valence-corrected chi connectivity index (χ3v) is 5.77. The SMILES string of the molecule is O=C(Nc1cccc(CNc2ncnc3c(C(=O)O)cccc23)c1)c1n[nH]c2ccc(Br)cc12. The minimum atomic E-state index is -1.05. The van der Waals surface area contributed by atoms with Gasteiger partial charge in [0.1, 0.15) is 12.1 Å². The van der Waals surface area contributed by atoms with Crippen LogP contribution in [0.3, 0.4) is 0 Å². The highest BCUT2D eigenvalue weighted by Crippen LogP contribution is 2.24. The predicted molar refractivity (Wildman–Crippen MR) is 132 cm³/mol. The van der Waals surface area contributed by atoms with E-state index in [1.54, 1.807) is 18.2 Å². The van der Waals surface area contributed by atoms with Crippen molar-refractivity contribution in [2.75, 3.05) is 10.6 Å². The molecule has 0 saturated heterocycles. The zero-order valence-electron chi connectivity index (χ0n) is 17.5. The van der Waals surface area contributed by atoms with Crippen LogP contribution >= 0.6 is 15.9 Å². The van der Waals surface area contributed by atoms with Gasteiger partial charge < -0.3 is 15.7 Å². The summed E-state index contributed by atoms with van der Waals surface area (Å²) in [5.41, 5.74) is 3.08. The Labute approximate surface area is 201 Å². The molecule has 168 valence electrons. The van der Waals surface area contributed by atoms with Gasteiger partial charge in [-0.15, -0.1) is 0 Å². The monoisotopic (exact) mass is 516 g/mol. The minimum absolute atomic E-state index is 0.116. The molecule has 0 saturated carbocycles. The summed E-state index contributed by atoms with van der Waals surface area (Å²) in [7, 11) is 0. The largest absolute Gasteiger partial charge is 0.478 e. The van der Waals surface area contributed by atoms with Gasteiger partial charge >= 0.3 is 5.97 Å². The summed E-state index contributed by atoms with van der Waals surface area (Å²) in [5, 5.41) is 23.9. The van der Waals surface area contributed by atoms with Gasteiger partial charge in [0.05, 0.1) is 16.6 Å². The highest BCUT2D eigenvalue weighted by atomic mass is 79.9. The van der Waals surface area contributed by atoms with Crippen molar-refractivity contribution in [1.29, 1.82) is 0 Å². The van der Waals surface area contributed by atoms with Crippen molar-refractivity contribution in [3.63, 3.8) is 0 Å². The number of nitrogens with zero attached hydrogens (tertiary/aromatic N) is 3. The molecular formula is C24H17BrN6O3. The normalized spacial score (nSPS) is 11.0. The molecule has 0 aliphatic rings. The van der Waals surface area contributed by atoms with Crippen LogP contribution in [-0.2, 0) is 6.54 Å². The number of hydrogen-bond donors (Lipinski definition) is 4. The molecule has 34 heavy (non-hydrogen) atoms. The van der Waals surface area contributed by atoms with Gasteiger partial charge in [0.15, 0.2) is 5.69 Å². The fourth-order valence-electron chi connectivity index (χ4n) is 3.70. The highest BCUT2D eigenvalue weighted by molar-refractivity contribution is 9.10. The topological polar surface area (TPSA) is 133 Å². The summed E-state index contributed by atoms with van der Waals surface area (Å²) in [5.74, 6) is -0.843. The minimum Gasteiger partial charge on any atom is -0.478 e. The van der Waals surface area contributed by atoms with Crippen LogP contribution < -0.4 is 10.6 Å². The molecule has 0 spiro atoms. The summed E-state index contributed by atoms with van der Waals surface area (Å²) >= 11 is 3.42. The number of hydrogen-bond acceptors (Lipinski definition) is 6. The highest BCUT2D eigenvalue weighted by Gasteiger charge is 2.15. The number of carboxylic acids is 1. The van der Waals surface area contributed by atoms with Crippen molar-refractivity contribution >= 4 is 61.1 Å². The van der Waals surface area contributed by atoms with Gasteiger partial charge in [-0.25, -0.2) is 14.8 Å². The number of aromatic nitrogens is 4. The average molecular weight is 517 g/mol. The van der Waals surface area contributed by atoms with Gasteiger partial charge in [-0.3, -0.25) is 9.89 Å². The number of rotatable bonds is 6. The molecule has 2 heterocycles. The zero-order valence-corrected chi connectivity index (χ0v) is 19.1. The molecule has 0 unspecified atom stereocenters. The van der Waals surface area contributed by atoms with Crippen LogP contribution in [-0.4, -0.2) is 37.1 Å². The lowest BCUT2D eigenvalue weighted by Crippen LogP contribution is -2.13. The standard InChI is InChI=1S/C24H17BrN6O3/c25-14-7-8-19-18(10-14)21(31-30-19)23(32)29-15-4-1-3-13(9-15)11-26-22-16-5-2-6-17(24(33)34)20(16)27-12-28-22/h1-10,12H,11H2,(H,29,32)(H,30,31)(H,33,34)(H,26,27,28). The number of para-hydroxylation sites is 1. The summed E-state index contributed by atoms with van der Waals surface area (Å²) in [4.78, 5) is 32.7. The summed E-state index contributed by atoms with van der Waals surface area (Å²) in [6.45, 7) is 0.408. The van der Waals surface area contributed by atoms with Crippen LogP contribution in [0.5, 0.6) is 0 Å². The maximum atomic E-state index is 12.8. The van der Waals surface area contributed by atoms with Crippen molar-refractivity contribution in [3.05, 3.63) is 88.3 Å². The van der Waals surface area contributed by atoms with Crippen molar-refractivity contribution < 1.29 is 14.7 Å². The molecule has 0 aliphatic carbocycles. The zero-order chi connectivity index (χ0) is 23.7. The van der Waals surface area contributed by atoms with Crippen LogP contribution in [0.15, 0.2) is 71.5 Å². The summed E-state index contributed by atoms with van der Waals surface area (Å²) in [6, 6.07) is 17.9. The number of H-pyrrole nitrogens is 1. The van der Waals surface area contributed by atoms with E-state index in [1.165, 1.54) is 12.4 Å². The second-order valence-corrected chi connectivity index (χ2v) is 8.42. The number of halogens is 1. The van der Waals surface area contributed by atoms with Gasteiger partial charge in [-0.05, 0) is 48.0 Å². The smallest absolute Gasteiger partial charge is 0.337 e. The van der Waals surface area contributed by atoms with Gasteiger partial charge in [-0.2, -0.15) is 5.10 Å². The third kappa shape index (κ3) is 4.18. The molecule has 4 N–H and O–H groups in total. The van der Waals surface area contributed by atoms with Crippen molar-refractivity contribution in [2.24, 2.45) is 0 Å². The van der Waals surface area contributed by atoms with Crippen LogP contribution in [0, 0.1) is 0 Å². The van der Waals surface area contributed by atoms with E-state index in [1.807, 2.05) is 36.4 Å². The Morgan fingerprint density at radius 1 is 1.00 bits per heavy atom. The van der Waals surface area contributed by atoms with Crippen molar-refractivity contribution in [1.82, 2.24) is 20.2 Å². The summed E-state index contributed by atoms with van der Waals surface area (Å²) < 4.78 is 0.858. The van der Waals surface area contributed by atoms with Gasteiger partial charge in [0.2, 0.25) is 0 Å². The first-order valence-electron chi connectivity index (χ1n) is 10.2. The first-order valence-corrected chi connectivity index (χ1v) is 11.0. The van der Waals surface area contributed by atoms with Crippen molar-refractivity contribution in [2.45, 2.75) is 6.54 Å². The van der Waals surface area contributed by atoms with E-state index in [-0.39, 0.29) is 11.5 Å². The van der Waals surface area contributed by atoms with E-state index in [4.69, 9.17) is 0 Å². The molecular weight excluding hydrogens is 500 g/mol. The molecule has 0 bridgehead atoms. The number of carboxylic acid groups (broad SMARTS) is 1. The Bertz CT molecular complexity index is 1570. The Balaban J connectivity index is 1.34. The predicted octanol–water partition coefficient (Wildman–Crippen LogP) is 4.83. The molecule has 0 fully saturated rings. The maximum absolute atomic E-state index is 12.8. The molecule has 9 nitrogen and oxygen atoms in total. The lowest BCUT2D eigenvalue weighted by Gasteiger charge is -2.11. The third-order valence-electron chi connectivity index (χ3n) is 5.28. The van der Waals surface area contributed by atoms with E-state index in [9.17, 15) is 14.7 Å². The van der Waals surface area contributed by atoms with E-state index in [0.29, 0.717) is 34.6 Å². The Morgan fingerprint density at radius 2 is 1.85 bits per heavy atom. The van der Waals surface area contributed by atoms with E-state index in [0.717, 1.165) is 20.9 Å². The Morgan fingerprint density at radius 3 is 2.71 bits per heavy atom. The van der Waals surface area contributed by atoms with Crippen LogP contribution in [0.1, 0.15) is 26.4 Å². The van der Waals surface area contributed by atoms with E-state index < -0.39 is 5.97 Å². The molecule has 5 rings (SSSR count). The number of benzene rings is 3. The van der Waals surface area contributed by atoms with Gasteiger partial charge in [0, 0.05) is 27.5 Å². The van der Waals surface area contributed by atoms with E-state index >= 15 is 0 Å². The Hall–Kier alpha value is -4.31. The molecule has 5 aromatic rings.